The van der Waals surface area contributed by atoms with E-state index in [2.05, 4.69) is 65.8 Å². The number of esters is 4. The third kappa shape index (κ3) is 71.7. The molecule has 0 spiro atoms. The van der Waals surface area contributed by atoms with E-state index in [1.54, 1.807) is 0 Å². The molecule has 0 aliphatic rings. The second-order valence-electron chi connectivity index (χ2n) is 28.4. The number of aliphatic hydroxyl groups excluding tert-OH is 1. The Morgan fingerprint density at radius 1 is 0.320 bits per heavy atom. The van der Waals surface area contributed by atoms with Gasteiger partial charge in [-0.05, 0) is 63.2 Å². The normalized spacial score (nSPS) is 14.1. The molecule has 97 heavy (non-hydrogen) atoms. The van der Waals surface area contributed by atoms with Gasteiger partial charge in [-0.3, -0.25) is 37.3 Å². The third-order valence-corrected chi connectivity index (χ3v) is 19.5. The van der Waals surface area contributed by atoms with E-state index in [0.29, 0.717) is 25.7 Å². The number of allylic oxidation sites excluding steroid dienone is 4. The largest absolute Gasteiger partial charge is 0.472 e. The van der Waals surface area contributed by atoms with E-state index < -0.39 is 97.5 Å². The number of phosphoric acid groups is 2. The number of rotatable bonds is 75. The summed E-state index contributed by atoms with van der Waals surface area (Å²) in [6.07, 6.45) is 60.3. The van der Waals surface area contributed by atoms with Gasteiger partial charge in [0.25, 0.3) is 0 Å². The zero-order valence-corrected chi connectivity index (χ0v) is 64.7. The Labute approximate surface area is 592 Å². The van der Waals surface area contributed by atoms with E-state index in [1.165, 1.54) is 180 Å². The number of unbranched alkanes of at least 4 members (excludes halogenated alkanes) is 42. The highest BCUT2D eigenvalue weighted by molar-refractivity contribution is 7.47. The summed E-state index contributed by atoms with van der Waals surface area (Å²) < 4.78 is 68.6. The summed E-state index contributed by atoms with van der Waals surface area (Å²) in [7, 11) is -9.93. The van der Waals surface area contributed by atoms with E-state index >= 15 is 0 Å². The third-order valence-electron chi connectivity index (χ3n) is 17.6. The van der Waals surface area contributed by atoms with E-state index in [0.717, 1.165) is 121 Å². The Bertz CT molecular complexity index is 1970. The quantitative estimate of drug-likeness (QED) is 0.0169. The van der Waals surface area contributed by atoms with Crippen LogP contribution in [0.3, 0.4) is 0 Å². The Morgan fingerprint density at radius 2 is 0.557 bits per heavy atom. The summed E-state index contributed by atoms with van der Waals surface area (Å²) in [6.45, 7) is 9.55. The highest BCUT2D eigenvalue weighted by atomic mass is 31.2. The van der Waals surface area contributed by atoms with Crippen LogP contribution < -0.4 is 0 Å². The molecule has 0 saturated carbocycles. The Hall–Kier alpha value is -2.46. The smallest absolute Gasteiger partial charge is 0.462 e. The van der Waals surface area contributed by atoms with E-state index in [1.807, 2.05) is 0 Å². The van der Waals surface area contributed by atoms with Gasteiger partial charge in [0.15, 0.2) is 12.2 Å². The molecule has 0 heterocycles. The van der Waals surface area contributed by atoms with Crippen molar-refractivity contribution in [2.24, 2.45) is 11.8 Å². The molecule has 0 bridgehead atoms. The molecule has 17 nitrogen and oxygen atoms in total. The van der Waals surface area contributed by atoms with Crippen LogP contribution in [0, 0.1) is 11.8 Å². The zero-order valence-electron chi connectivity index (χ0n) is 62.9. The second-order valence-corrected chi connectivity index (χ2v) is 31.3. The highest BCUT2D eigenvalue weighted by Crippen LogP contribution is 2.45. The van der Waals surface area contributed by atoms with E-state index in [9.17, 15) is 43.2 Å². The summed E-state index contributed by atoms with van der Waals surface area (Å²) in [5.41, 5.74) is 0. The van der Waals surface area contributed by atoms with Gasteiger partial charge < -0.3 is 33.8 Å². The number of hydrogen-bond acceptors (Lipinski definition) is 15. The van der Waals surface area contributed by atoms with Crippen LogP contribution >= 0.6 is 15.6 Å². The maximum Gasteiger partial charge on any atom is 0.472 e. The van der Waals surface area contributed by atoms with Crippen LogP contribution in [-0.4, -0.2) is 96.7 Å². The lowest BCUT2D eigenvalue weighted by molar-refractivity contribution is -0.161. The van der Waals surface area contributed by atoms with Crippen LogP contribution in [0.15, 0.2) is 24.3 Å². The molecular weight excluding hydrogens is 1270 g/mol. The van der Waals surface area contributed by atoms with Crippen molar-refractivity contribution in [3.05, 3.63) is 24.3 Å². The second kappa shape index (κ2) is 69.3. The first-order valence-corrected chi connectivity index (χ1v) is 42.8. The van der Waals surface area contributed by atoms with Crippen molar-refractivity contribution in [2.75, 3.05) is 39.6 Å². The van der Waals surface area contributed by atoms with Gasteiger partial charge in [-0.25, -0.2) is 9.13 Å². The number of phosphoric ester groups is 2. The standard InChI is InChI=1S/C78H148O17P2/c1-7-9-11-13-15-17-19-21-22-27-30-36-42-48-54-60-75(80)88-66-73(94-78(83)63-57-51-45-38-32-28-24-23-26-29-34-40-46-52-58-70(3)4)68-92-96(84,85)90-64-72(79)65-91-97(86,87)93-69-74(67-89-76(81)61-55-49-43-39-33-35-41-47-53-59-71(5)6)95-77(82)62-56-50-44-37-31-25-20-18-16-14-12-10-8-2/h17,19,21-22,70-74,79H,7-16,18,20,23-69H2,1-6H3,(H,84,85)(H,86,87)/b19-17-,22-21-/t72-,73-,74-/m1/s1. The minimum absolute atomic E-state index is 0.101. The number of carbonyl (C=O) groups excluding carboxylic acids is 4. The molecule has 0 aliphatic carbocycles. The molecule has 0 aromatic heterocycles. The molecule has 0 saturated heterocycles. The fourth-order valence-corrected chi connectivity index (χ4v) is 13.0. The fourth-order valence-electron chi connectivity index (χ4n) is 11.5. The fraction of sp³-hybridized carbons (Fsp3) is 0.897. The van der Waals surface area contributed by atoms with E-state index in [4.69, 9.17) is 37.0 Å². The molecule has 19 heteroatoms. The summed E-state index contributed by atoms with van der Waals surface area (Å²) >= 11 is 0. The van der Waals surface area contributed by atoms with Crippen LogP contribution in [0.4, 0.5) is 0 Å². The maximum absolute atomic E-state index is 13.1. The molecule has 0 amide bonds. The first-order valence-electron chi connectivity index (χ1n) is 39.8. The molecule has 0 aromatic carbocycles. The lowest BCUT2D eigenvalue weighted by atomic mass is 10.0. The van der Waals surface area contributed by atoms with Crippen molar-refractivity contribution in [1.29, 1.82) is 0 Å². The van der Waals surface area contributed by atoms with E-state index in [-0.39, 0.29) is 25.7 Å². The topological polar surface area (TPSA) is 237 Å². The Morgan fingerprint density at radius 3 is 0.845 bits per heavy atom. The van der Waals surface area contributed by atoms with Gasteiger partial charge >= 0.3 is 39.5 Å². The van der Waals surface area contributed by atoms with Crippen molar-refractivity contribution in [3.8, 4) is 0 Å². The maximum atomic E-state index is 13.1. The number of aliphatic hydroxyl groups is 1. The van der Waals surface area contributed by atoms with Crippen molar-refractivity contribution < 1.29 is 80.2 Å². The molecule has 0 fully saturated rings. The van der Waals surface area contributed by atoms with Gasteiger partial charge in [0.1, 0.15) is 19.3 Å². The Balaban J connectivity index is 5.30. The Kier molecular flexibility index (Phi) is 67.5. The first-order chi connectivity index (χ1) is 46.9. The van der Waals surface area contributed by atoms with Crippen LogP contribution in [0.5, 0.6) is 0 Å². The van der Waals surface area contributed by atoms with Crippen LogP contribution in [0.25, 0.3) is 0 Å². The zero-order chi connectivity index (χ0) is 71.4. The molecule has 5 atom stereocenters. The molecule has 572 valence electrons. The minimum Gasteiger partial charge on any atom is -0.462 e. The van der Waals surface area contributed by atoms with Gasteiger partial charge in [-0.2, -0.15) is 0 Å². The molecule has 0 aromatic rings. The predicted molar refractivity (Wildman–Crippen MR) is 395 cm³/mol. The molecule has 3 N–H and O–H groups in total. The van der Waals surface area contributed by atoms with Gasteiger partial charge in [0.05, 0.1) is 26.4 Å². The molecule has 0 aliphatic heterocycles. The number of carbonyl (C=O) groups is 4. The van der Waals surface area contributed by atoms with Gasteiger partial charge in [0, 0.05) is 25.7 Å². The molecule has 0 radical (unpaired) electrons. The average molecular weight is 1420 g/mol. The van der Waals surface area contributed by atoms with Crippen molar-refractivity contribution in [3.63, 3.8) is 0 Å². The van der Waals surface area contributed by atoms with Crippen LogP contribution in [0.2, 0.25) is 0 Å². The SMILES string of the molecule is CCCCCC/C=C\C=C/CCCCCCCC(=O)OC[C@H](COP(=O)(O)OC[C@@H](O)COP(=O)(O)OC[C@@H](COC(=O)CCCCCCCCCCCC(C)C)OC(=O)CCCCCCCCCCCCCCC)OC(=O)CCCCCCCCCCCCCCCCC(C)C. The van der Waals surface area contributed by atoms with Crippen LogP contribution in [0.1, 0.15) is 382 Å². The minimum atomic E-state index is -4.97. The number of hydrogen-bond donors (Lipinski definition) is 3. The predicted octanol–water partition coefficient (Wildman–Crippen LogP) is 22.7. The summed E-state index contributed by atoms with van der Waals surface area (Å²) in [5.74, 6) is -0.606. The van der Waals surface area contributed by atoms with Gasteiger partial charge in [-0.15, -0.1) is 0 Å². The molecule has 0 rings (SSSR count). The summed E-state index contributed by atoms with van der Waals surface area (Å²) in [4.78, 5) is 72.9. The monoisotopic (exact) mass is 1420 g/mol. The average Bonchev–Trinajstić information content (AvgIpc) is 1.05. The lowest BCUT2D eigenvalue weighted by Crippen LogP contribution is -2.30. The van der Waals surface area contributed by atoms with Crippen molar-refractivity contribution in [1.82, 2.24) is 0 Å². The van der Waals surface area contributed by atoms with Gasteiger partial charge in [0.2, 0.25) is 0 Å². The lowest BCUT2D eigenvalue weighted by Gasteiger charge is -2.21. The molecular formula is C78H148O17P2. The first kappa shape index (κ1) is 94.5. The summed E-state index contributed by atoms with van der Waals surface area (Å²) in [5, 5.41) is 10.6. The van der Waals surface area contributed by atoms with Crippen molar-refractivity contribution >= 4 is 39.5 Å². The van der Waals surface area contributed by atoms with Gasteiger partial charge in [-0.1, -0.05) is 329 Å². The number of ether oxygens (including phenoxy) is 4. The van der Waals surface area contributed by atoms with Crippen molar-refractivity contribution in [2.45, 2.75) is 400 Å². The highest BCUT2D eigenvalue weighted by Gasteiger charge is 2.30. The van der Waals surface area contributed by atoms with Crippen LogP contribution in [-0.2, 0) is 65.4 Å². The molecule has 2 unspecified atom stereocenters. The summed E-state index contributed by atoms with van der Waals surface area (Å²) in [6, 6.07) is 0.